The van der Waals surface area contributed by atoms with E-state index in [9.17, 15) is 8.42 Å². The Kier molecular flexibility index (Phi) is 5.72. The average Bonchev–Trinajstić information content (AvgIpc) is 2.70. The molecule has 2 N–H and O–H groups in total. The van der Waals surface area contributed by atoms with Gasteiger partial charge in [-0.2, -0.15) is 0 Å². The Balaban J connectivity index is 2.35. The van der Waals surface area contributed by atoms with Gasteiger partial charge in [0.1, 0.15) is 0 Å². The summed E-state index contributed by atoms with van der Waals surface area (Å²) < 4.78 is 25.3. The van der Waals surface area contributed by atoms with Gasteiger partial charge in [0, 0.05) is 13.6 Å². The zero-order valence-corrected chi connectivity index (χ0v) is 11.0. The van der Waals surface area contributed by atoms with Crippen LogP contribution >= 0.6 is 0 Å². The molecule has 0 heterocycles. The average molecular weight is 248 g/mol. The summed E-state index contributed by atoms with van der Waals surface area (Å²) in [6, 6.07) is 0. The van der Waals surface area contributed by atoms with Crippen molar-refractivity contribution in [3.8, 4) is 0 Å². The Bertz CT molecular complexity index is 284. The van der Waals surface area contributed by atoms with Gasteiger partial charge in [-0.3, -0.25) is 0 Å². The summed E-state index contributed by atoms with van der Waals surface area (Å²) in [5.41, 5.74) is 5.36. The minimum atomic E-state index is -3.04. The highest BCUT2D eigenvalue weighted by atomic mass is 32.2. The summed E-state index contributed by atoms with van der Waals surface area (Å²) in [6.07, 6.45) is 6.34. The van der Waals surface area contributed by atoms with E-state index in [0.717, 1.165) is 6.42 Å². The maximum absolute atomic E-state index is 11.9. The predicted octanol–water partition coefficient (Wildman–Crippen LogP) is 1.18. The van der Waals surface area contributed by atoms with E-state index < -0.39 is 10.0 Å². The highest BCUT2D eigenvalue weighted by molar-refractivity contribution is 7.89. The van der Waals surface area contributed by atoms with Gasteiger partial charge in [-0.05, 0) is 38.1 Å². The topological polar surface area (TPSA) is 63.4 Å². The lowest BCUT2D eigenvalue weighted by molar-refractivity contribution is 0.386. The van der Waals surface area contributed by atoms with Crippen LogP contribution in [0.4, 0.5) is 0 Å². The number of nitrogens with two attached hydrogens (primary N) is 1. The fraction of sp³-hybridized carbons (Fsp3) is 1.00. The van der Waals surface area contributed by atoms with E-state index in [1.165, 1.54) is 25.7 Å². The van der Waals surface area contributed by atoms with Crippen molar-refractivity contribution in [2.45, 2.75) is 38.5 Å². The predicted molar refractivity (Wildman–Crippen MR) is 66.7 cm³/mol. The van der Waals surface area contributed by atoms with E-state index >= 15 is 0 Å². The lowest BCUT2D eigenvalue weighted by Gasteiger charge is -2.20. The van der Waals surface area contributed by atoms with Gasteiger partial charge in [0.15, 0.2) is 0 Å². The van der Waals surface area contributed by atoms with Crippen LogP contribution in [-0.4, -0.2) is 38.6 Å². The van der Waals surface area contributed by atoms with Crippen molar-refractivity contribution >= 4 is 10.0 Å². The van der Waals surface area contributed by atoms with Crippen LogP contribution in [0.3, 0.4) is 0 Å². The quantitative estimate of drug-likeness (QED) is 0.688. The number of hydrogen-bond donors (Lipinski definition) is 1. The molecule has 0 atom stereocenters. The first kappa shape index (κ1) is 13.9. The van der Waals surface area contributed by atoms with Crippen molar-refractivity contribution in [3.63, 3.8) is 0 Å². The normalized spacial score (nSPS) is 18.4. The molecule has 0 aromatic heterocycles. The molecule has 16 heavy (non-hydrogen) atoms. The molecule has 5 heteroatoms. The molecule has 4 nitrogen and oxygen atoms in total. The van der Waals surface area contributed by atoms with Gasteiger partial charge in [-0.15, -0.1) is 0 Å². The molecule has 96 valence electrons. The second-order valence-corrected chi connectivity index (χ2v) is 6.94. The van der Waals surface area contributed by atoms with Crippen LogP contribution in [0.15, 0.2) is 0 Å². The smallest absolute Gasteiger partial charge is 0.213 e. The summed E-state index contributed by atoms with van der Waals surface area (Å²) in [6.45, 7) is 1.27. The van der Waals surface area contributed by atoms with Crippen molar-refractivity contribution in [2.24, 2.45) is 11.7 Å². The summed E-state index contributed by atoms with van der Waals surface area (Å²) >= 11 is 0. The second-order valence-electron chi connectivity index (χ2n) is 4.74. The molecule has 1 aliphatic rings. The molecule has 0 unspecified atom stereocenters. The van der Waals surface area contributed by atoms with Crippen LogP contribution < -0.4 is 5.73 Å². The SMILES string of the molecule is CN(CC1CCCC1)S(=O)(=O)CCCCN. The van der Waals surface area contributed by atoms with Gasteiger partial charge in [0.05, 0.1) is 5.75 Å². The van der Waals surface area contributed by atoms with E-state index in [1.807, 2.05) is 0 Å². The zero-order valence-electron chi connectivity index (χ0n) is 10.2. The third kappa shape index (κ3) is 4.39. The van der Waals surface area contributed by atoms with Crippen LogP contribution in [0.5, 0.6) is 0 Å². The lowest BCUT2D eigenvalue weighted by Crippen LogP contribution is -2.33. The first-order valence-corrected chi connectivity index (χ1v) is 7.81. The number of hydrogen-bond acceptors (Lipinski definition) is 3. The zero-order chi connectivity index (χ0) is 12.0. The largest absolute Gasteiger partial charge is 0.330 e. The highest BCUT2D eigenvalue weighted by Crippen LogP contribution is 2.25. The molecule has 1 aliphatic carbocycles. The summed E-state index contributed by atoms with van der Waals surface area (Å²) in [5, 5.41) is 0. The third-order valence-electron chi connectivity index (χ3n) is 3.32. The summed E-state index contributed by atoms with van der Waals surface area (Å²) in [5.74, 6) is 0.822. The van der Waals surface area contributed by atoms with Crippen LogP contribution in [0.25, 0.3) is 0 Å². The molecule has 0 radical (unpaired) electrons. The monoisotopic (exact) mass is 248 g/mol. The van der Waals surface area contributed by atoms with Crippen molar-refractivity contribution in [2.75, 3.05) is 25.9 Å². The molecule has 0 amide bonds. The van der Waals surface area contributed by atoms with Gasteiger partial charge in [0.25, 0.3) is 0 Å². The standard InChI is InChI=1S/C11H24N2O2S/c1-13(10-11-6-2-3-7-11)16(14,15)9-5-4-8-12/h11H,2-10,12H2,1H3. The molecule has 0 spiro atoms. The van der Waals surface area contributed by atoms with Crippen molar-refractivity contribution in [3.05, 3.63) is 0 Å². The van der Waals surface area contributed by atoms with E-state index in [2.05, 4.69) is 0 Å². The maximum atomic E-state index is 11.9. The Labute approximate surface area is 99.2 Å². The molecule has 0 saturated heterocycles. The molecule has 0 aromatic rings. The number of sulfonamides is 1. The molecule has 0 bridgehead atoms. The first-order chi connectivity index (χ1) is 7.56. The van der Waals surface area contributed by atoms with Crippen molar-refractivity contribution in [1.82, 2.24) is 4.31 Å². The van der Waals surface area contributed by atoms with E-state index in [0.29, 0.717) is 25.4 Å². The Hall–Kier alpha value is -0.130. The molecule has 0 aliphatic heterocycles. The van der Waals surface area contributed by atoms with Crippen LogP contribution in [-0.2, 0) is 10.0 Å². The maximum Gasteiger partial charge on any atom is 0.213 e. The molecular formula is C11H24N2O2S. The summed E-state index contributed by atoms with van der Waals surface area (Å²) in [7, 11) is -1.34. The lowest BCUT2D eigenvalue weighted by atomic mass is 10.1. The first-order valence-electron chi connectivity index (χ1n) is 6.20. The second kappa shape index (κ2) is 6.57. The van der Waals surface area contributed by atoms with E-state index in [1.54, 1.807) is 11.4 Å². The van der Waals surface area contributed by atoms with Crippen molar-refractivity contribution < 1.29 is 8.42 Å². The van der Waals surface area contributed by atoms with Crippen LogP contribution in [0.2, 0.25) is 0 Å². The van der Waals surface area contributed by atoms with Gasteiger partial charge in [-0.25, -0.2) is 12.7 Å². The fourth-order valence-corrected chi connectivity index (χ4v) is 3.57. The fourth-order valence-electron chi connectivity index (χ4n) is 2.25. The molecule has 0 aromatic carbocycles. The molecule has 1 fully saturated rings. The Morgan fingerprint density at radius 1 is 1.25 bits per heavy atom. The van der Waals surface area contributed by atoms with Gasteiger partial charge in [0.2, 0.25) is 10.0 Å². The summed E-state index contributed by atoms with van der Waals surface area (Å²) in [4.78, 5) is 0. The van der Waals surface area contributed by atoms with E-state index in [4.69, 9.17) is 5.73 Å². The van der Waals surface area contributed by atoms with Crippen LogP contribution in [0.1, 0.15) is 38.5 Å². The number of nitrogens with zero attached hydrogens (tertiary/aromatic N) is 1. The van der Waals surface area contributed by atoms with Crippen LogP contribution in [0, 0.1) is 5.92 Å². The number of unbranched alkanes of at least 4 members (excludes halogenated alkanes) is 1. The number of rotatable bonds is 7. The van der Waals surface area contributed by atoms with E-state index in [-0.39, 0.29) is 5.75 Å². The van der Waals surface area contributed by atoms with Gasteiger partial charge < -0.3 is 5.73 Å². The Morgan fingerprint density at radius 2 is 1.88 bits per heavy atom. The third-order valence-corrected chi connectivity index (χ3v) is 5.22. The van der Waals surface area contributed by atoms with Gasteiger partial charge >= 0.3 is 0 Å². The Morgan fingerprint density at radius 3 is 2.44 bits per heavy atom. The highest BCUT2D eigenvalue weighted by Gasteiger charge is 2.23. The van der Waals surface area contributed by atoms with Crippen molar-refractivity contribution in [1.29, 1.82) is 0 Å². The molecule has 1 saturated carbocycles. The minimum absolute atomic E-state index is 0.243. The minimum Gasteiger partial charge on any atom is -0.330 e. The van der Waals surface area contributed by atoms with Gasteiger partial charge in [-0.1, -0.05) is 12.8 Å². The molecule has 1 rings (SSSR count). The molecular weight excluding hydrogens is 224 g/mol.